The number of aliphatic carboxylic acids is 1. The van der Waals surface area contributed by atoms with Crippen molar-refractivity contribution in [3.8, 4) is 5.75 Å². The number of carboxylic acid groups (broad SMARTS) is 1. The van der Waals surface area contributed by atoms with E-state index in [0.29, 0.717) is 0 Å². The van der Waals surface area contributed by atoms with Gasteiger partial charge in [0.05, 0.1) is 6.26 Å². The SMILES string of the molecule is C=CC.C=CC(=O)O.C=COc1ccccc1. The average Bonchev–Trinajstić information content (AvgIpc) is 2.32. The zero-order chi connectivity index (χ0) is 13.5. The summed E-state index contributed by atoms with van der Waals surface area (Å²) in [6.45, 7) is 11.6. The van der Waals surface area contributed by atoms with Gasteiger partial charge in [-0.2, -0.15) is 0 Å². The van der Waals surface area contributed by atoms with Crippen molar-refractivity contribution in [1.82, 2.24) is 0 Å². The van der Waals surface area contributed by atoms with Gasteiger partial charge in [-0.15, -0.1) is 6.58 Å². The Bertz CT molecular complexity index is 329. The Kier molecular flexibility index (Phi) is 13.8. The number of hydrogen-bond acceptors (Lipinski definition) is 2. The molecule has 1 rings (SSSR count). The molecule has 0 saturated carbocycles. The van der Waals surface area contributed by atoms with Gasteiger partial charge in [0, 0.05) is 6.08 Å². The van der Waals surface area contributed by atoms with E-state index in [1.807, 2.05) is 37.3 Å². The van der Waals surface area contributed by atoms with Gasteiger partial charge in [-0.05, 0) is 19.1 Å². The summed E-state index contributed by atoms with van der Waals surface area (Å²) in [6, 6.07) is 9.52. The molecule has 0 aliphatic heterocycles. The Morgan fingerprint density at radius 3 is 1.94 bits per heavy atom. The molecule has 1 aromatic carbocycles. The smallest absolute Gasteiger partial charge is 0.327 e. The molecule has 17 heavy (non-hydrogen) atoms. The molecule has 1 aromatic rings. The molecular formula is C14H18O3. The second kappa shape index (κ2) is 13.7. The monoisotopic (exact) mass is 234 g/mol. The van der Waals surface area contributed by atoms with E-state index in [1.165, 1.54) is 6.26 Å². The third-order valence-corrected chi connectivity index (χ3v) is 1.14. The van der Waals surface area contributed by atoms with Crippen LogP contribution in [0.15, 0.2) is 68.5 Å². The number of rotatable bonds is 3. The van der Waals surface area contributed by atoms with E-state index in [4.69, 9.17) is 9.84 Å². The molecule has 0 unspecified atom stereocenters. The van der Waals surface area contributed by atoms with Gasteiger partial charge in [0.25, 0.3) is 0 Å². The number of hydrogen-bond donors (Lipinski definition) is 1. The second-order valence-electron chi connectivity index (χ2n) is 2.55. The third-order valence-electron chi connectivity index (χ3n) is 1.14. The fourth-order valence-corrected chi connectivity index (χ4v) is 0.595. The van der Waals surface area contributed by atoms with E-state index in [2.05, 4.69) is 19.7 Å². The fourth-order valence-electron chi connectivity index (χ4n) is 0.595. The van der Waals surface area contributed by atoms with Gasteiger partial charge in [-0.25, -0.2) is 4.79 Å². The molecule has 0 atom stereocenters. The van der Waals surface area contributed by atoms with Gasteiger partial charge in [0.2, 0.25) is 0 Å². The molecule has 0 bridgehead atoms. The summed E-state index contributed by atoms with van der Waals surface area (Å²) >= 11 is 0. The van der Waals surface area contributed by atoms with Crippen LogP contribution >= 0.6 is 0 Å². The molecule has 0 heterocycles. The molecule has 0 amide bonds. The maximum Gasteiger partial charge on any atom is 0.327 e. The average molecular weight is 234 g/mol. The van der Waals surface area contributed by atoms with Crippen molar-refractivity contribution in [3.63, 3.8) is 0 Å². The lowest BCUT2D eigenvalue weighted by atomic mass is 10.3. The fraction of sp³-hybridized carbons (Fsp3) is 0.0714. The highest BCUT2D eigenvalue weighted by Crippen LogP contribution is 2.07. The lowest BCUT2D eigenvalue weighted by Crippen LogP contribution is -1.82. The summed E-state index contributed by atoms with van der Waals surface area (Å²) in [5, 5.41) is 7.60. The summed E-state index contributed by atoms with van der Waals surface area (Å²) < 4.78 is 4.97. The van der Waals surface area contributed by atoms with Crippen LogP contribution in [-0.4, -0.2) is 11.1 Å². The third kappa shape index (κ3) is 16.4. The maximum absolute atomic E-state index is 9.25. The van der Waals surface area contributed by atoms with Crippen molar-refractivity contribution in [1.29, 1.82) is 0 Å². The summed E-state index contributed by atoms with van der Waals surface area (Å²) in [5.41, 5.74) is 0. The predicted octanol–water partition coefficient (Wildman–Crippen LogP) is 3.66. The molecule has 0 radical (unpaired) electrons. The molecule has 3 heteroatoms. The first-order valence-corrected chi connectivity index (χ1v) is 4.87. The Hall–Kier alpha value is -2.29. The minimum Gasteiger partial charge on any atom is -0.478 e. The number of allylic oxidation sites excluding steroid dienone is 1. The summed E-state index contributed by atoms with van der Waals surface area (Å²) in [4.78, 5) is 9.25. The molecular weight excluding hydrogens is 216 g/mol. The highest BCUT2D eigenvalue weighted by atomic mass is 16.5. The van der Waals surface area contributed by atoms with Crippen molar-refractivity contribution in [2.24, 2.45) is 0 Å². The van der Waals surface area contributed by atoms with Gasteiger partial charge in [0.1, 0.15) is 5.75 Å². The quantitative estimate of drug-likeness (QED) is 0.493. The summed E-state index contributed by atoms with van der Waals surface area (Å²) in [7, 11) is 0. The number of benzene rings is 1. The molecule has 0 aliphatic carbocycles. The molecule has 0 aromatic heterocycles. The summed E-state index contributed by atoms with van der Waals surface area (Å²) in [5.74, 6) is -0.155. The van der Waals surface area contributed by atoms with Crippen LogP contribution in [0.5, 0.6) is 5.75 Å². The van der Waals surface area contributed by atoms with Crippen LogP contribution in [0.1, 0.15) is 6.92 Å². The van der Waals surface area contributed by atoms with Crippen LogP contribution in [-0.2, 0) is 4.79 Å². The van der Waals surface area contributed by atoms with Gasteiger partial charge < -0.3 is 9.84 Å². The van der Waals surface area contributed by atoms with Gasteiger partial charge in [-0.3, -0.25) is 0 Å². The molecule has 0 spiro atoms. The van der Waals surface area contributed by atoms with Crippen LogP contribution in [0.3, 0.4) is 0 Å². The summed E-state index contributed by atoms with van der Waals surface area (Å²) in [6.07, 6.45) is 4.00. The van der Waals surface area contributed by atoms with E-state index in [1.54, 1.807) is 6.08 Å². The highest BCUT2D eigenvalue weighted by molar-refractivity contribution is 5.78. The van der Waals surface area contributed by atoms with Crippen LogP contribution in [0, 0.1) is 0 Å². The molecule has 0 aliphatic rings. The normalized spacial score (nSPS) is 7.12. The molecule has 3 nitrogen and oxygen atoms in total. The number of ether oxygens (including phenoxy) is 1. The van der Waals surface area contributed by atoms with Crippen LogP contribution in [0.2, 0.25) is 0 Å². The largest absolute Gasteiger partial charge is 0.478 e. The Morgan fingerprint density at radius 1 is 1.24 bits per heavy atom. The van der Waals surface area contributed by atoms with Crippen molar-refractivity contribution >= 4 is 5.97 Å². The Balaban J connectivity index is 0. The van der Waals surface area contributed by atoms with Crippen LogP contribution in [0.4, 0.5) is 0 Å². The lowest BCUT2D eigenvalue weighted by Gasteiger charge is -1.95. The molecule has 1 N–H and O–H groups in total. The van der Waals surface area contributed by atoms with E-state index in [9.17, 15) is 4.79 Å². The van der Waals surface area contributed by atoms with E-state index in [-0.39, 0.29) is 0 Å². The Morgan fingerprint density at radius 2 is 1.65 bits per heavy atom. The minimum absolute atomic E-state index is 0.826. The van der Waals surface area contributed by atoms with Crippen LogP contribution < -0.4 is 4.74 Å². The van der Waals surface area contributed by atoms with Crippen molar-refractivity contribution < 1.29 is 14.6 Å². The van der Waals surface area contributed by atoms with E-state index in [0.717, 1.165) is 11.8 Å². The van der Waals surface area contributed by atoms with Crippen molar-refractivity contribution in [2.75, 3.05) is 0 Å². The highest BCUT2D eigenvalue weighted by Gasteiger charge is 1.82. The zero-order valence-corrected chi connectivity index (χ0v) is 10.0. The van der Waals surface area contributed by atoms with E-state index >= 15 is 0 Å². The maximum atomic E-state index is 9.25. The standard InChI is InChI=1S/C8H8O.C3H4O2.C3H6/c1-2-9-8-6-4-3-5-7-8;1-2-3(4)5;1-3-2/h2-7H,1H2;2H,1H2,(H,4,5);3H,1H2,2H3. The van der Waals surface area contributed by atoms with Gasteiger partial charge in [-0.1, -0.05) is 37.4 Å². The lowest BCUT2D eigenvalue weighted by molar-refractivity contribution is -0.131. The molecule has 0 fully saturated rings. The number of para-hydroxylation sites is 1. The predicted molar refractivity (Wildman–Crippen MR) is 71.0 cm³/mol. The zero-order valence-electron chi connectivity index (χ0n) is 10.0. The first kappa shape index (κ1) is 17.1. The first-order chi connectivity index (χ1) is 8.12. The minimum atomic E-state index is -0.981. The van der Waals surface area contributed by atoms with Gasteiger partial charge >= 0.3 is 5.97 Å². The first-order valence-electron chi connectivity index (χ1n) is 4.87. The van der Waals surface area contributed by atoms with Crippen molar-refractivity contribution in [2.45, 2.75) is 6.92 Å². The van der Waals surface area contributed by atoms with E-state index < -0.39 is 5.97 Å². The van der Waals surface area contributed by atoms with Crippen LogP contribution in [0.25, 0.3) is 0 Å². The second-order valence-corrected chi connectivity index (χ2v) is 2.55. The molecule has 92 valence electrons. The topological polar surface area (TPSA) is 46.5 Å². The Labute approximate surface area is 102 Å². The van der Waals surface area contributed by atoms with Gasteiger partial charge in [0.15, 0.2) is 0 Å². The number of carbonyl (C=O) groups is 1. The molecule has 0 saturated heterocycles. The number of carboxylic acids is 1. The van der Waals surface area contributed by atoms with Crippen molar-refractivity contribution in [3.05, 3.63) is 68.5 Å².